The number of carboxylic acids is 1. The van der Waals surface area contributed by atoms with Crippen LogP contribution < -0.4 is 9.47 Å². The van der Waals surface area contributed by atoms with Crippen LogP contribution in [0.4, 0.5) is 0 Å². The number of hydrogen-bond acceptors (Lipinski definition) is 12. The summed E-state index contributed by atoms with van der Waals surface area (Å²) in [6, 6.07) is 19.1. The smallest absolute Gasteiger partial charge is 0.353 e. The molecule has 7 rings (SSSR count). The van der Waals surface area contributed by atoms with E-state index in [2.05, 4.69) is 4.90 Å². The number of rotatable bonds is 11. The van der Waals surface area contributed by atoms with Crippen LogP contribution in [0.5, 0.6) is 11.5 Å². The van der Waals surface area contributed by atoms with Crippen LogP contribution in [-0.2, 0) is 45.2 Å². The Morgan fingerprint density at radius 1 is 0.941 bits per heavy atom. The maximum Gasteiger partial charge on any atom is 0.353 e. The van der Waals surface area contributed by atoms with E-state index in [9.17, 15) is 34.5 Å². The van der Waals surface area contributed by atoms with Crippen molar-refractivity contribution in [1.82, 2.24) is 4.90 Å². The highest BCUT2D eigenvalue weighted by Crippen LogP contribution is 2.65. The van der Waals surface area contributed by atoms with Crippen molar-refractivity contribution in [2.45, 2.75) is 67.2 Å². The molecular weight excluding hydrogens is 662 g/mol. The largest absolute Gasteiger partial charge is 0.493 e. The summed E-state index contributed by atoms with van der Waals surface area (Å²) in [5, 5.41) is 32.9. The molecular formula is C38H37NO12. The zero-order valence-electron chi connectivity index (χ0n) is 27.9. The number of carbonyl (C=O) groups excluding carboxylic acids is 3. The molecule has 3 aromatic carbocycles. The summed E-state index contributed by atoms with van der Waals surface area (Å²) in [5.41, 5.74) is 0.0436. The lowest BCUT2D eigenvalue weighted by Crippen LogP contribution is -2.74. The van der Waals surface area contributed by atoms with Gasteiger partial charge in [0.05, 0.1) is 24.5 Å². The summed E-state index contributed by atoms with van der Waals surface area (Å²) >= 11 is 0. The number of likely N-dealkylation sites (N-methyl/N-ethyl adjacent to an activating group) is 1. The third-order valence-corrected chi connectivity index (χ3v) is 10.5. The number of aliphatic carboxylic acids is 1. The SMILES string of the molecule is COc1ccc2c3c1O[C@H]1C(OC(=O)C[C@H](O)C(=O)O[C@H](C(=O)O[C@H](C(=O)O)c4ccccc4)c4ccccc4)=CC[C@@]4(O)[C@H](C2)N(C)CC[C@]314. The Kier molecular flexibility index (Phi) is 8.82. The van der Waals surface area contributed by atoms with Crippen LogP contribution in [0.25, 0.3) is 0 Å². The first-order valence-corrected chi connectivity index (χ1v) is 16.6. The molecule has 2 aliphatic carbocycles. The monoisotopic (exact) mass is 699 g/mol. The van der Waals surface area contributed by atoms with Gasteiger partial charge in [0.25, 0.3) is 0 Å². The topological polar surface area (TPSA) is 178 Å². The van der Waals surface area contributed by atoms with Crippen molar-refractivity contribution in [3.05, 3.63) is 107 Å². The van der Waals surface area contributed by atoms with Crippen molar-refractivity contribution in [3.63, 3.8) is 0 Å². The molecule has 13 nitrogen and oxygen atoms in total. The average molecular weight is 700 g/mol. The molecule has 51 heavy (non-hydrogen) atoms. The summed E-state index contributed by atoms with van der Waals surface area (Å²) in [7, 11) is 3.51. The lowest BCUT2D eigenvalue weighted by atomic mass is 9.50. The predicted octanol–water partition coefficient (Wildman–Crippen LogP) is 2.92. The maximum atomic E-state index is 13.3. The molecule has 2 heterocycles. The number of piperidine rings is 1. The van der Waals surface area contributed by atoms with E-state index in [-0.39, 0.29) is 29.3 Å². The molecule has 0 radical (unpaired) electrons. The first kappa shape index (κ1) is 34.2. The first-order valence-electron chi connectivity index (χ1n) is 16.6. The van der Waals surface area contributed by atoms with E-state index in [1.165, 1.54) is 31.4 Å². The quantitative estimate of drug-likeness (QED) is 0.197. The highest BCUT2D eigenvalue weighted by Gasteiger charge is 2.72. The highest BCUT2D eigenvalue weighted by atomic mass is 16.6. The van der Waals surface area contributed by atoms with Gasteiger partial charge < -0.3 is 43.9 Å². The minimum atomic E-state index is -2.06. The third-order valence-electron chi connectivity index (χ3n) is 10.5. The summed E-state index contributed by atoms with van der Waals surface area (Å²) in [5.74, 6) is -3.83. The number of benzene rings is 3. The first-order chi connectivity index (χ1) is 24.5. The van der Waals surface area contributed by atoms with Gasteiger partial charge in [0.15, 0.2) is 23.7 Å². The zero-order chi connectivity index (χ0) is 36.1. The number of likely N-dealkylation sites (tertiary alicyclic amines) is 1. The van der Waals surface area contributed by atoms with E-state index in [4.69, 9.17) is 23.7 Å². The number of carboxylic acid groups (broad SMARTS) is 1. The van der Waals surface area contributed by atoms with E-state index < -0.39 is 65.7 Å². The van der Waals surface area contributed by atoms with Crippen molar-refractivity contribution in [2.75, 3.05) is 20.7 Å². The minimum absolute atomic E-state index is 0.144. The lowest BCUT2D eigenvalue weighted by molar-refractivity contribution is -0.182. The fourth-order valence-corrected chi connectivity index (χ4v) is 8.14. The molecule has 13 heteroatoms. The number of aliphatic hydroxyl groups excluding tert-OH is 1. The summed E-state index contributed by atoms with van der Waals surface area (Å²) < 4.78 is 28.5. The van der Waals surface area contributed by atoms with Crippen LogP contribution >= 0.6 is 0 Å². The molecule has 1 fully saturated rings. The Hall–Kier alpha value is -5.24. The van der Waals surface area contributed by atoms with Gasteiger partial charge in [-0.1, -0.05) is 66.7 Å². The fraction of sp³-hybridized carbons (Fsp3) is 0.368. The molecule has 4 aliphatic rings. The second-order valence-corrected chi connectivity index (χ2v) is 13.3. The van der Waals surface area contributed by atoms with Crippen molar-refractivity contribution < 1.29 is 58.2 Å². The third kappa shape index (κ3) is 5.61. The number of ether oxygens (including phenoxy) is 5. The molecule has 0 saturated carbocycles. The van der Waals surface area contributed by atoms with Gasteiger partial charge in [-0.2, -0.15) is 0 Å². The minimum Gasteiger partial charge on any atom is -0.493 e. The summed E-state index contributed by atoms with van der Waals surface area (Å²) in [6.07, 6.45) is -4.33. The molecule has 3 N–H and O–H groups in total. The molecule has 2 aliphatic heterocycles. The van der Waals surface area contributed by atoms with Gasteiger partial charge in [-0.3, -0.25) is 4.79 Å². The highest BCUT2D eigenvalue weighted by molar-refractivity contribution is 5.87. The molecule has 2 bridgehead atoms. The Morgan fingerprint density at radius 3 is 2.24 bits per heavy atom. The van der Waals surface area contributed by atoms with Crippen LogP contribution in [0.3, 0.4) is 0 Å². The van der Waals surface area contributed by atoms with Crippen LogP contribution in [0, 0.1) is 0 Å². The van der Waals surface area contributed by atoms with Crippen LogP contribution in [0.1, 0.15) is 53.7 Å². The van der Waals surface area contributed by atoms with Gasteiger partial charge in [-0.15, -0.1) is 0 Å². The van der Waals surface area contributed by atoms with Gasteiger partial charge in [0.1, 0.15) is 5.76 Å². The number of nitrogens with zero attached hydrogens (tertiary/aromatic N) is 1. The lowest BCUT2D eigenvalue weighted by Gasteiger charge is -2.61. The normalized spacial score (nSPS) is 25.9. The van der Waals surface area contributed by atoms with Gasteiger partial charge in [-0.05, 0) is 44.1 Å². The maximum absolute atomic E-state index is 13.3. The van der Waals surface area contributed by atoms with E-state index in [0.717, 1.165) is 11.1 Å². The molecule has 266 valence electrons. The standard InChI is InChI=1S/C38H37NO12/c1-39-18-17-37-29-23-13-14-25(47-2)32(29)49-33(37)26(15-16-38(37,46)27(39)19-23)48-28(41)20-24(40)35(44)51-31(22-11-7-4-8-12-22)36(45)50-30(34(42)43)21-9-5-3-6-10-21/h3-15,24,27,30-31,33,40,46H,16-20H2,1-2H3,(H,42,43)/t24-,27-,30-,31-,33-,37-,38+/m0/s1. The van der Waals surface area contributed by atoms with Crippen LogP contribution in [0.2, 0.25) is 0 Å². The van der Waals surface area contributed by atoms with E-state index in [1.807, 2.05) is 19.2 Å². The predicted molar refractivity (Wildman–Crippen MR) is 176 cm³/mol. The summed E-state index contributed by atoms with van der Waals surface area (Å²) in [6.45, 7) is 0.665. The van der Waals surface area contributed by atoms with Gasteiger partial charge in [0, 0.05) is 29.2 Å². The number of methoxy groups -OCH3 is 1. The van der Waals surface area contributed by atoms with Crippen molar-refractivity contribution in [3.8, 4) is 11.5 Å². The molecule has 0 unspecified atom stereocenters. The summed E-state index contributed by atoms with van der Waals surface area (Å²) in [4.78, 5) is 53.9. The second-order valence-electron chi connectivity index (χ2n) is 13.3. The number of aliphatic hydroxyl groups is 2. The second kappa shape index (κ2) is 13.1. The molecule has 1 saturated heterocycles. The molecule has 0 aromatic heterocycles. The van der Waals surface area contributed by atoms with E-state index in [0.29, 0.717) is 30.9 Å². The molecule has 0 amide bonds. The van der Waals surface area contributed by atoms with E-state index in [1.54, 1.807) is 42.5 Å². The van der Waals surface area contributed by atoms with Gasteiger partial charge >= 0.3 is 23.9 Å². The van der Waals surface area contributed by atoms with Gasteiger partial charge in [-0.25, -0.2) is 14.4 Å². The average Bonchev–Trinajstić information content (AvgIpc) is 3.48. The Morgan fingerprint density at radius 2 is 1.59 bits per heavy atom. The van der Waals surface area contributed by atoms with E-state index >= 15 is 0 Å². The molecule has 3 aromatic rings. The molecule has 1 spiro atoms. The Balaban J connectivity index is 1.08. The fourth-order valence-electron chi connectivity index (χ4n) is 8.14. The van der Waals surface area contributed by atoms with Crippen molar-refractivity contribution in [1.29, 1.82) is 0 Å². The van der Waals surface area contributed by atoms with Crippen molar-refractivity contribution in [2.24, 2.45) is 0 Å². The Bertz CT molecular complexity index is 1900. The number of hydrogen-bond donors (Lipinski definition) is 3. The van der Waals surface area contributed by atoms with Crippen molar-refractivity contribution >= 4 is 23.9 Å². The Labute approximate surface area is 292 Å². The van der Waals surface area contributed by atoms with Crippen LogP contribution in [-0.4, -0.2) is 88.6 Å². The van der Waals surface area contributed by atoms with Gasteiger partial charge in [0.2, 0.25) is 12.2 Å². The number of esters is 3. The van der Waals surface area contributed by atoms with Crippen LogP contribution in [0.15, 0.2) is 84.6 Å². The number of carbonyl (C=O) groups is 4. The molecule has 7 atom stereocenters. The zero-order valence-corrected chi connectivity index (χ0v) is 27.9.